The molecule has 6 rings (SSSR count). The maximum Gasteiger partial charge on any atom is 0.281 e. The molecule has 0 atom stereocenters. The number of carbonyl (C=O) groups excluding carboxylic acids is 1. The number of nitrogens with one attached hydrogen (secondary N) is 1. The van der Waals surface area contributed by atoms with Crippen LogP contribution in [-0.2, 0) is 31.5 Å². The molecule has 1 aliphatic rings. The minimum Gasteiger partial charge on any atom is -0.464 e. The van der Waals surface area contributed by atoms with Gasteiger partial charge in [-0.3, -0.25) is 23.7 Å². The third kappa shape index (κ3) is 6.13. The van der Waals surface area contributed by atoms with Crippen molar-refractivity contribution in [1.29, 1.82) is 0 Å². The zero-order chi connectivity index (χ0) is 30.1. The number of likely N-dealkylation sites (tertiary alicyclic amines) is 1. The number of amides is 1. The molecule has 0 spiro atoms. The summed E-state index contributed by atoms with van der Waals surface area (Å²) in [5.74, 6) is 0.685. The number of nitrogens with zero attached hydrogens (tertiary/aromatic N) is 5. The zero-order valence-corrected chi connectivity index (χ0v) is 24.8. The number of hydrogen-bond donors (Lipinski definition) is 2. The molecule has 1 saturated heterocycles. The molecule has 222 valence electrons. The summed E-state index contributed by atoms with van der Waals surface area (Å²) < 4.78 is 8.60. The van der Waals surface area contributed by atoms with Gasteiger partial charge < -0.3 is 14.8 Å². The largest absolute Gasteiger partial charge is 0.464 e. The molecule has 2 N–H and O–H groups in total. The lowest BCUT2D eigenvalue weighted by molar-refractivity contribution is -0.119. The van der Waals surface area contributed by atoms with Crippen molar-refractivity contribution in [2.45, 2.75) is 45.0 Å². The number of piperidine rings is 1. The van der Waals surface area contributed by atoms with Crippen LogP contribution in [0.15, 0.2) is 76.4 Å². The summed E-state index contributed by atoms with van der Waals surface area (Å²) in [6.45, 7) is 4.08. The molecule has 0 saturated carbocycles. The van der Waals surface area contributed by atoms with Crippen molar-refractivity contribution in [3.05, 3.63) is 93.7 Å². The molecular formula is C32H33ClN6O4. The Morgan fingerprint density at radius 2 is 1.84 bits per heavy atom. The first-order valence-corrected chi connectivity index (χ1v) is 14.6. The summed E-state index contributed by atoms with van der Waals surface area (Å²) in [6.07, 6.45) is 4.17. The molecule has 4 heterocycles. The van der Waals surface area contributed by atoms with Gasteiger partial charge in [0.05, 0.1) is 30.4 Å². The molecule has 5 aromatic rings. The molecule has 1 fully saturated rings. The third-order valence-electron chi connectivity index (χ3n) is 8.08. The van der Waals surface area contributed by atoms with E-state index in [-0.39, 0.29) is 23.5 Å². The predicted octanol–water partition coefficient (Wildman–Crippen LogP) is 4.37. The highest BCUT2D eigenvalue weighted by Crippen LogP contribution is 2.30. The topological polar surface area (TPSA) is 118 Å². The molecule has 0 unspecified atom stereocenters. The quantitative estimate of drug-likeness (QED) is 0.271. The van der Waals surface area contributed by atoms with Crippen LogP contribution in [0.2, 0.25) is 5.02 Å². The van der Waals surface area contributed by atoms with Gasteiger partial charge in [0.1, 0.15) is 11.3 Å². The molecule has 0 bridgehead atoms. The smallest absolute Gasteiger partial charge is 0.281 e. The van der Waals surface area contributed by atoms with Crippen molar-refractivity contribution < 1.29 is 14.3 Å². The van der Waals surface area contributed by atoms with E-state index in [1.54, 1.807) is 18.0 Å². The van der Waals surface area contributed by atoms with Crippen LogP contribution in [0.5, 0.6) is 0 Å². The number of aromatic nitrogens is 4. The number of fused-ring (bicyclic) bond motifs is 1. The van der Waals surface area contributed by atoms with E-state index in [0.29, 0.717) is 49.6 Å². The van der Waals surface area contributed by atoms with E-state index < -0.39 is 5.60 Å². The highest BCUT2D eigenvalue weighted by molar-refractivity contribution is 6.31. The average molecular weight is 601 g/mol. The van der Waals surface area contributed by atoms with Gasteiger partial charge in [-0.05, 0) is 42.2 Å². The number of aryl methyl sites for hydroxylation is 1. The van der Waals surface area contributed by atoms with Gasteiger partial charge in [0.2, 0.25) is 5.91 Å². The van der Waals surface area contributed by atoms with Crippen LogP contribution in [0.25, 0.3) is 33.6 Å². The van der Waals surface area contributed by atoms with Crippen LogP contribution in [0, 0.1) is 0 Å². The number of rotatable bonds is 8. The molecule has 2 aromatic carbocycles. The zero-order valence-electron chi connectivity index (χ0n) is 24.1. The van der Waals surface area contributed by atoms with Gasteiger partial charge >= 0.3 is 0 Å². The Balaban J connectivity index is 1.13. The highest BCUT2D eigenvalue weighted by atomic mass is 35.5. The number of furan rings is 1. The molecule has 10 nitrogen and oxygen atoms in total. The SMILES string of the molecule is CC(=O)NCc1ccc(-c2c3ncn(CC4(O)CCN(Cc5ccc(-c6ccco6)cc5Cl)CC4)c(=O)c3nn2C)cc1. The molecular weight excluding hydrogens is 568 g/mol. The van der Waals surface area contributed by atoms with Gasteiger partial charge in [0.15, 0.2) is 5.52 Å². The molecule has 1 aliphatic heterocycles. The van der Waals surface area contributed by atoms with Gasteiger partial charge in [-0.2, -0.15) is 5.10 Å². The maximum atomic E-state index is 13.5. The Labute approximate surface area is 253 Å². The first kappa shape index (κ1) is 28.9. The highest BCUT2D eigenvalue weighted by Gasteiger charge is 2.33. The molecule has 1 amide bonds. The van der Waals surface area contributed by atoms with Gasteiger partial charge in [0.25, 0.3) is 5.56 Å². The van der Waals surface area contributed by atoms with Crippen molar-refractivity contribution in [3.8, 4) is 22.6 Å². The van der Waals surface area contributed by atoms with Crippen molar-refractivity contribution >= 4 is 28.5 Å². The summed E-state index contributed by atoms with van der Waals surface area (Å²) in [6, 6.07) is 17.4. The number of halogens is 1. The maximum absolute atomic E-state index is 13.5. The lowest BCUT2D eigenvalue weighted by Crippen LogP contribution is -2.47. The summed E-state index contributed by atoms with van der Waals surface area (Å²) in [7, 11) is 1.78. The normalized spacial score (nSPS) is 15.2. The average Bonchev–Trinajstić information content (AvgIpc) is 3.65. The molecule has 11 heteroatoms. The van der Waals surface area contributed by atoms with Gasteiger partial charge in [-0.15, -0.1) is 0 Å². The van der Waals surface area contributed by atoms with Crippen LogP contribution < -0.4 is 10.9 Å². The van der Waals surface area contributed by atoms with E-state index >= 15 is 0 Å². The van der Waals surface area contributed by atoms with Crippen LogP contribution in [0.3, 0.4) is 0 Å². The van der Waals surface area contributed by atoms with E-state index in [4.69, 9.17) is 16.0 Å². The third-order valence-corrected chi connectivity index (χ3v) is 8.44. The lowest BCUT2D eigenvalue weighted by atomic mass is 9.91. The van der Waals surface area contributed by atoms with Crippen molar-refractivity contribution in [2.24, 2.45) is 7.05 Å². The standard InChI is InChI=1S/C32H33ClN6O4/c1-21(40)34-17-22-5-7-23(8-6-22)30-28-29(36-37(30)2)31(41)39(20-35-28)19-32(42)11-13-38(14-12-32)18-25-10-9-24(16-26(25)33)27-4-3-15-43-27/h3-10,15-16,20,42H,11-14,17-19H2,1-2H3,(H,34,40). The van der Waals surface area contributed by atoms with Gasteiger partial charge in [0, 0.05) is 56.3 Å². The summed E-state index contributed by atoms with van der Waals surface area (Å²) >= 11 is 6.59. The summed E-state index contributed by atoms with van der Waals surface area (Å²) in [5.41, 5.74) is 3.95. The Morgan fingerprint density at radius 3 is 2.51 bits per heavy atom. The number of carbonyl (C=O) groups is 1. The summed E-state index contributed by atoms with van der Waals surface area (Å²) in [5, 5.41) is 19.4. The van der Waals surface area contributed by atoms with Gasteiger partial charge in [-0.1, -0.05) is 48.0 Å². The van der Waals surface area contributed by atoms with E-state index in [0.717, 1.165) is 33.7 Å². The first-order chi connectivity index (χ1) is 20.7. The predicted molar refractivity (Wildman–Crippen MR) is 164 cm³/mol. The van der Waals surface area contributed by atoms with E-state index in [9.17, 15) is 14.7 Å². The Kier molecular flexibility index (Phi) is 7.91. The number of aliphatic hydroxyl groups is 1. The second-order valence-electron chi connectivity index (χ2n) is 11.2. The van der Waals surface area contributed by atoms with E-state index in [1.165, 1.54) is 17.8 Å². The first-order valence-electron chi connectivity index (χ1n) is 14.2. The fraction of sp³-hybridized carbons (Fsp3) is 0.312. The number of benzene rings is 2. The Hall–Kier alpha value is -4.25. The molecule has 43 heavy (non-hydrogen) atoms. The van der Waals surface area contributed by atoms with E-state index in [1.807, 2.05) is 54.6 Å². The monoisotopic (exact) mass is 600 g/mol. The second-order valence-corrected chi connectivity index (χ2v) is 11.6. The van der Waals surface area contributed by atoms with Crippen LogP contribution in [0.4, 0.5) is 0 Å². The minimum atomic E-state index is -1.04. The van der Waals surface area contributed by atoms with Crippen LogP contribution in [0.1, 0.15) is 30.9 Å². The summed E-state index contributed by atoms with van der Waals surface area (Å²) in [4.78, 5) is 31.5. The van der Waals surface area contributed by atoms with Crippen molar-refractivity contribution in [1.82, 2.24) is 29.5 Å². The van der Waals surface area contributed by atoms with E-state index in [2.05, 4.69) is 20.3 Å². The van der Waals surface area contributed by atoms with Crippen LogP contribution >= 0.6 is 11.6 Å². The second kappa shape index (κ2) is 11.8. The van der Waals surface area contributed by atoms with Crippen molar-refractivity contribution in [3.63, 3.8) is 0 Å². The van der Waals surface area contributed by atoms with Gasteiger partial charge in [-0.25, -0.2) is 4.98 Å². The lowest BCUT2D eigenvalue weighted by Gasteiger charge is -2.38. The molecule has 0 aliphatic carbocycles. The molecule has 3 aromatic heterocycles. The Morgan fingerprint density at radius 1 is 1.09 bits per heavy atom. The van der Waals surface area contributed by atoms with Crippen LogP contribution in [-0.4, -0.2) is 53.9 Å². The molecule has 0 radical (unpaired) electrons. The minimum absolute atomic E-state index is 0.0879. The Bertz CT molecular complexity index is 1820. The fourth-order valence-electron chi connectivity index (χ4n) is 5.65. The fourth-order valence-corrected chi connectivity index (χ4v) is 5.89. The number of hydrogen-bond acceptors (Lipinski definition) is 7. The van der Waals surface area contributed by atoms with Crippen molar-refractivity contribution in [2.75, 3.05) is 13.1 Å².